The molecule has 0 atom stereocenters. The Balaban J connectivity index is 1.92. The molecule has 1 heterocycles. The summed E-state index contributed by atoms with van der Waals surface area (Å²) in [5.74, 6) is -3.90. The number of halogens is 2. The Morgan fingerprint density at radius 1 is 1.10 bits per heavy atom. The topological polar surface area (TPSA) is 113 Å². The predicted molar refractivity (Wildman–Crippen MR) is 109 cm³/mol. The molecule has 3 N–H and O–H groups in total. The van der Waals surface area contributed by atoms with Crippen LogP contribution in [0, 0.1) is 5.82 Å². The van der Waals surface area contributed by atoms with Crippen molar-refractivity contribution in [3.63, 3.8) is 0 Å². The van der Waals surface area contributed by atoms with E-state index in [4.69, 9.17) is 21.4 Å². The largest absolute Gasteiger partial charge is 0.479 e. The van der Waals surface area contributed by atoms with Crippen LogP contribution < -0.4 is 10.1 Å². The summed E-state index contributed by atoms with van der Waals surface area (Å²) in [6.45, 7) is -0.750. The number of anilines is 1. The Kier molecular flexibility index (Phi) is 6.34. The monoisotopic (exact) mass is 449 g/mol. The van der Waals surface area contributed by atoms with Gasteiger partial charge in [0.25, 0.3) is 5.91 Å². The lowest BCUT2D eigenvalue weighted by molar-refractivity contribution is -0.139. The second-order valence-corrected chi connectivity index (χ2v) is 7.33. The van der Waals surface area contributed by atoms with Crippen LogP contribution in [0.1, 0.15) is 20.0 Å². The van der Waals surface area contributed by atoms with Crippen molar-refractivity contribution in [2.75, 3.05) is 11.9 Å². The first kappa shape index (κ1) is 21.3. The average Bonchev–Trinajstić information content (AvgIpc) is 3.03. The third-order valence-electron chi connectivity index (χ3n) is 3.81. The van der Waals surface area contributed by atoms with Crippen molar-refractivity contribution in [1.82, 2.24) is 0 Å². The van der Waals surface area contributed by atoms with Gasteiger partial charge in [0.2, 0.25) is 0 Å². The van der Waals surface area contributed by atoms with Gasteiger partial charge in [-0.1, -0.05) is 29.8 Å². The molecular formula is C20H13ClFNO6S. The minimum atomic E-state index is -1.32. The summed E-state index contributed by atoms with van der Waals surface area (Å²) in [7, 11) is 0. The maximum absolute atomic E-state index is 13.3. The zero-order valence-corrected chi connectivity index (χ0v) is 16.6. The number of rotatable bonds is 7. The molecule has 0 spiro atoms. The highest BCUT2D eigenvalue weighted by Crippen LogP contribution is 2.45. The number of aliphatic carboxylic acids is 1. The van der Waals surface area contributed by atoms with E-state index in [-0.39, 0.29) is 21.2 Å². The highest BCUT2D eigenvalue weighted by Gasteiger charge is 2.25. The van der Waals surface area contributed by atoms with Crippen LogP contribution in [0.5, 0.6) is 5.75 Å². The molecule has 3 rings (SSSR count). The number of hydrogen-bond acceptors (Lipinski definition) is 5. The van der Waals surface area contributed by atoms with E-state index in [1.807, 2.05) is 0 Å². The van der Waals surface area contributed by atoms with Gasteiger partial charge in [-0.2, -0.15) is 0 Å². The van der Waals surface area contributed by atoms with Gasteiger partial charge in [-0.3, -0.25) is 4.79 Å². The average molecular weight is 450 g/mol. The van der Waals surface area contributed by atoms with Crippen molar-refractivity contribution in [2.24, 2.45) is 0 Å². The number of carboxylic acids is 2. The Hall–Kier alpha value is -3.43. The summed E-state index contributed by atoms with van der Waals surface area (Å²) in [5, 5.41) is 20.7. The lowest BCUT2D eigenvalue weighted by Crippen LogP contribution is -2.12. The molecule has 10 heteroatoms. The summed E-state index contributed by atoms with van der Waals surface area (Å²) < 4.78 is 18.4. The van der Waals surface area contributed by atoms with Gasteiger partial charge in [0.05, 0.1) is 4.88 Å². The second kappa shape index (κ2) is 8.93. The number of ether oxygens (including phenoxy) is 1. The van der Waals surface area contributed by atoms with Gasteiger partial charge >= 0.3 is 11.9 Å². The summed E-state index contributed by atoms with van der Waals surface area (Å²) >= 11 is 7.08. The Morgan fingerprint density at radius 3 is 2.50 bits per heavy atom. The molecule has 2 aromatic carbocycles. The highest BCUT2D eigenvalue weighted by molar-refractivity contribution is 7.18. The molecule has 7 nitrogen and oxygen atoms in total. The number of nitrogens with one attached hydrogen (secondary N) is 1. The van der Waals surface area contributed by atoms with Crippen LogP contribution in [0.4, 0.5) is 10.1 Å². The summed E-state index contributed by atoms with van der Waals surface area (Å²) in [5.41, 5.74) is 0.984. The van der Waals surface area contributed by atoms with Crippen molar-refractivity contribution < 1.29 is 33.7 Å². The van der Waals surface area contributed by atoms with Gasteiger partial charge in [0.15, 0.2) is 17.2 Å². The fraction of sp³-hybridized carbons (Fsp3) is 0.0500. The van der Waals surface area contributed by atoms with Crippen molar-refractivity contribution in [3.05, 3.63) is 69.8 Å². The number of carbonyl (C=O) groups excluding carboxylic acids is 1. The fourth-order valence-electron chi connectivity index (χ4n) is 2.56. The van der Waals surface area contributed by atoms with Crippen LogP contribution in [0.25, 0.3) is 10.4 Å². The van der Waals surface area contributed by atoms with Crippen LogP contribution in [0.3, 0.4) is 0 Å². The van der Waals surface area contributed by atoms with Gasteiger partial charge in [-0.15, -0.1) is 11.3 Å². The van der Waals surface area contributed by atoms with E-state index in [2.05, 4.69) is 5.32 Å². The first-order valence-corrected chi connectivity index (χ1v) is 9.53. The Labute approximate surface area is 178 Å². The summed E-state index contributed by atoms with van der Waals surface area (Å²) in [6.07, 6.45) is 0. The molecule has 3 aromatic rings. The zero-order valence-electron chi connectivity index (χ0n) is 15.0. The van der Waals surface area contributed by atoms with E-state index in [0.29, 0.717) is 16.1 Å². The van der Waals surface area contributed by atoms with Gasteiger partial charge < -0.3 is 20.3 Å². The Morgan fingerprint density at radius 2 is 1.83 bits per heavy atom. The van der Waals surface area contributed by atoms with Crippen molar-refractivity contribution in [2.45, 2.75) is 0 Å². The van der Waals surface area contributed by atoms with Gasteiger partial charge in [0, 0.05) is 11.3 Å². The number of thiophene rings is 1. The molecule has 0 saturated heterocycles. The fourth-order valence-corrected chi connectivity index (χ4v) is 3.96. The first-order valence-electron chi connectivity index (χ1n) is 8.33. The van der Waals surface area contributed by atoms with Crippen LogP contribution in [-0.4, -0.2) is 34.7 Å². The van der Waals surface area contributed by atoms with E-state index in [1.54, 1.807) is 24.3 Å². The summed E-state index contributed by atoms with van der Waals surface area (Å²) in [4.78, 5) is 34.7. The van der Waals surface area contributed by atoms with Crippen LogP contribution in [0.15, 0.2) is 48.5 Å². The molecule has 154 valence electrons. The number of carboxylic acid groups (broad SMARTS) is 2. The number of aromatic carboxylic acids is 1. The van der Waals surface area contributed by atoms with E-state index in [1.165, 1.54) is 18.2 Å². The lowest BCUT2D eigenvalue weighted by Gasteiger charge is -2.08. The predicted octanol–water partition coefficient (Wildman–Crippen LogP) is 4.62. The van der Waals surface area contributed by atoms with Crippen molar-refractivity contribution >= 4 is 46.5 Å². The molecule has 0 aliphatic rings. The van der Waals surface area contributed by atoms with Crippen LogP contribution in [-0.2, 0) is 4.79 Å². The minimum absolute atomic E-state index is 0.0488. The molecule has 1 amide bonds. The lowest BCUT2D eigenvalue weighted by atomic mass is 10.1. The molecular weight excluding hydrogens is 437 g/mol. The minimum Gasteiger partial charge on any atom is -0.479 e. The molecule has 30 heavy (non-hydrogen) atoms. The van der Waals surface area contributed by atoms with E-state index in [9.17, 15) is 23.9 Å². The van der Waals surface area contributed by atoms with Gasteiger partial charge in [-0.05, 0) is 35.9 Å². The highest BCUT2D eigenvalue weighted by atomic mass is 35.5. The normalized spacial score (nSPS) is 10.5. The standard InChI is InChI=1S/C20H13ClFNO6S/c21-15-16(29-9-14(24)25)18(20(27)28)30-17(15)10-3-2-6-13(8-10)23-19(26)11-4-1-5-12(22)7-11/h1-8H,9H2,(H,23,26)(H,24,25)(H,27,28). The number of amides is 1. The third-order valence-corrected chi connectivity index (χ3v) is 5.49. The smallest absolute Gasteiger partial charge is 0.349 e. The number of benzene rings is 2. The zero-order chi connectivity index (χ0) is 21.8. The number of carbonyl (C=O) groups is 3. The molecule has 0 aliphatic carbocycles. The quantitative estimate of drug-likeness (QED) is 0.485. The first-order chi connectivity index (χ1) is 14.3. The molecule has 0 aliphatic heterocycles. The van der Waals surface area contributed by atoms with Crippen LogP contribution >= 0.6 is 22.9 Å². The molecule has 0 unspecified atom stereocenters. The maximum Gasteiger partial charge on any atom is 0.349 e. The molecule has 0 radical (unpaired) electrons. The second-order valence-electron chi connectivity index (χ2n) is 5.94. The molecule has 0 bridgehead atoms. The van der Waals surface area contributed by atoms with E-state index < -0.39 is 30.3 Å². The molecule has 0 saturated carbocycles. The maximum atomic E-state index is 13.3. The van der Waals surface area contributed by atoms with Crippen LogP contribution in [0.2, 0.25) is 5.02 Å². The Bertz CT molecular complexity index is 1150. The van der Waals surface area contributed by atoms with Gasteiger partial charge in [-0.25, -0.2) is 14.0 Å². The van der Waals surface area contributed by atoms with Crippen molar-refractivity contribution in [1.29, 1.82) is 0 Å². The van der Waals surface area contributed by atoms with Gasteiger partial charge in [0.1, 0.15) is 10.8 Å². The van der Waals surface area contributed by atoms with E-state index >= 15 is 0 Å². The molecule has 0 fully saturated rings. The van der Waals surface area contributed by atoms with E-state index in [0.717, 1.165) is 17.4 Å². The summed E-state index contributed by atoms with van der Waals surface area (Å²) in [6, 6.07) is 11.6. The molecule has 1 aromatic heterocycles. The number of hydrogen-bond donors (Lipinski definition) is 3. The third kappa shape index (κ3) is 4.76. The van der Waals surface area contributed by atoms with Crippen molar-refractivity contribution in [3.8, 4) is 16.2 Å². The SMILES string of the molecule is O=C(O)COc1c(C(=O)O)sc(-c2cccc(NC(=O)c3cccc(F)c3)c2)c1Cl.